The molecule has 0 saturated carbocycles. The minimum atomic E-state index is -3.72. The highest BCUT2D eigenvalue weighted by Crippen LogP contribution is 2.18. The van der Waals surface area contributed by atoms with Crippen LogP contribution < -0.4 is 21.7 Å². The van der Waals surface area contributed by atoms with Gasteiger partial charge in [0.05, 0.1) is 4.90 Å². The number of hydrazine groups is 1. The summed E-state index contributed by atoms with van der Waals surface area (Å²) in [5, 5.41) is 0. The van der Waals surface area contributed by atoms with Crippen LogP contribution in [0, 0.1) is 6.92 Å². The fourth-order valence-electron chi connectivity index (χ4n) is 1.40. The first kappa shape index (κ1) is 14.0. The topological polar surface area (TPSA) is 136 Å². The largest absolute Gasteiger partial charge is 0.393 e. The summed E-state index contributed by atoms with van der Waals surface area (Å²) >= 11 is 0. The lowest BCUT2D eigenvalue weighted by molar-refractivity contribution is 0.587. The fraction of sp³-hybridized carbons (Fsp3) is 0.0909. The Morgan fingerprint density at radius 3 is 2.40 bits per heavy atom. The number of nitrogen functional groups attached to an aromatic ring is 2. The van der Waals surface area contributed by atoms with E-state index in [9.17, 15) is 8.42 Å². The van der Waals surface area contributed by atoms with E-state index >= 15 is 0 Å². The van der Waals surface area contributed by atoms with Crippen molar-refractivity contribution in [2.45, 2.75) is 11.8 Å². The molecule has 0 bridgehead atoms. The van der Waals surface area contributed by atoms with E-state index in [1.165, 1.54) is 18.5 Å². The zero-order chi connectivity index (χ0) is 14.8. The van der Waals surface area contributed by atoms with E-state index in [0.717, 1.165) is 5.56 Å². The molecule has 0 atom stereocenters. The maximum absolute atomic E-state index is 12.0. The van der Waals surface area contributed by atoms with Gasteiger partial charge in [-0.1, -0.05) is 17.7 Å². The maximum atomic E-state index is 12.0. The number of sulfonamides is 1. The lowest BCUT2D eigenvalue weighted by Gasteiger charge is -2.11. The second-order valence-electron chi connectivity index (χ2n) is 4.06. The molecule has 1 aromatic carbocycles. The van der Waals surface area contributed by atoms with Crippen molar-refractivity contribution in [2.24, 2.45) is 0 Å². The van der Waals surface area contributed by atoms with Crippen molar-refractivity contribution >= 4 is 27.3 Å². The zero-order valence-corrected chi connectivity index (χ0v) is 11.5. The number of rotatable bonds is 4. The van der Waals surface area contributed by atoms with Gasteiger partial charge < -0.3 is 11.5 Å². The first-order chi connectivity index (χ1) is 9.40. The van der Waals surface area contributed by atoms with E-state index in [0.29, 0.717) is 0 Å². The Bertz CT molecular complexity index is 714. The normalized spacial score (nSPS) is 11.2. The van der Waals surface area contributed by atoms with Gasteiger partial charge in [-0.2, -0.15) is 0 Å². The van der Waals surface area contributed by atoms with Crippen LogP contribution in [0.2, 0.25) is 0 Å². The first-order valence-corrected chi connectivity index (χ1v) is 7.09. The smallest absolute Gasteiger partial charge is 0.257 e. The van der Waals surface area contributed by atoms with E-state index < -0.39 is 10.0 Å². The zero-order valence-electron chi connectivity index (χ0n) is 10.7. The average Bonchev–Trinajstić information content (AvgIpc) is 2.41. The number of nitrogens with two attached hydrogens (primary N) is 2. The minimum Gasteiger partial charge on any atom is -0.393 e. The molecule has 0 amide bonds. The van der Waals surface area contributed by atoms with Crippen LogP contribution in [0.1, 0.15) is 5.56 Å². The Kier molecular flexibility index (Phi) is 3.72. The molecule has 106 valence electrons. The highest BCUT2D eigenvalue weighted by atomic mass is 32.2. The standard InChI is InChI=1S/C11H14N6O2S/c1-7-2-4-8(5-3-7)20(18,19)17-16-11-9(12)10(13)14-6-15-11/h2-6,17H,12H2,1H3,(H3,13,14,15,16). The molecule has 9 heteroatoms. The van der Waals surface area contributed by atoms with E-state index in [1.807, 2.05) is 6.92 Å². The third-order valence-corrected chi connectivity index (χ3v) is 3.81. The van der Waals surface area contributed by atoms with Crippen LogP contribution in [0.3, 0.4) is 0 Å². The number of anilines is 3. The summed E-state index contributed by atoms with van der Waals surface area (Å²) in [5.41, 5.74) is 14.6. The van der Waals surface area contributed by atoms with Gasteiger partial charge in [-0.3, -0.25) is 5.43 Å². The van der Waals surface area contributed by atoms with Crippen LogP contribution in [0.25, 0.3) is 0 Å². The summed E-state index contributed by atoms with van der Waals surface area (Å²) in [6.45, 7) is 1.87. The monoisotopic (exact) mass is 294 g/mol. The Morgan fingerprint density at radius 1 is 1.10 bits per heavy atom. The minimum absolute atomic E-state index is 0.0667. The summed E-state index contributed by atoms with van der Waals surface area (Å²) in [6.07, 6.45) is 1.17. The number of aryl methyl sites for hydroxylation is 1. The third-order valence-electron chi connectivity index (χ3n) is 2.55. The van der Waals surface area contributed by atoms with Gasteiger partial charge in [0.25, 0.3) is 10.0 Å². The van der Waals surface area contributed by atoms with E-state index in [2.05, 4.69) is 20.2 Å². The van der Waals surface area contributed by atoms with Gasteiger partial charge in [0.2, 0.25) is 0 Å². The van der Waals surface area contributed by atoms with E-state index in [-0.39, 0.29) is 22.2 Å². The number of aromatic nitrogens is 2. The number of benzene rings is 1. The number of nitrogens with zero attached hydrogens (tertiary/aromatic N) is 2. The number of hydrogen-bond acceptors (Lipinski definition) is 7. The molecule has 2 rings (SSSR count). The molecule has 8 nitrogen and oxygen atoms in total. The first-order valence-electron chi connectivity index (χ1n) is 5.60. The molecule has 1 heterocycles. The van der Waals surface area contributed by atoms with Gasteiger partial charge in [0.1, 0.15) is 12.0 Å². The molecular formula is C11H14N6O2S. The quantitative estimate of drug-likeness (QED) is 0.593. The van der Waals surface area contributed by atoms with Crippen LogP contribution >= 0.6 is 0 Å². The van der Waals surface area contributed by atoms with Gasteiger partial charge in [0.15, 0.2) is 11.6 Å². The van der Waals surface area contributed by atoms with Crippen molar-refractivity contribution < 1.29 is 8.42 Å². The van der Waals surface area contributed by atoms with Crippen LogP contribution in [-0.4, -0.2) is 18.4 Å². The van der Waals surface area contributed by atoms with Crippen LogP contribution in [0.4, 0.5) is 17.3 Å². The van der Waals surface area contributed by atoms with Crippen molar-refractivity contribution in [1.82, 2.24) is 14.8 Å². The lowest BCUT2D eigenvalue weighted by Crippen LogP contribution is -2.30. The van der Waals surface area contributed by atoms with E-state index in [1.54, 1.807) is 12.1 Å². The molecule has 0 radical (unpaired) electrons. The molecule has 20 heavy (non-hydrogen) atoms. The van der Waals surface area contributed by atoms with Crippen LogP contribution in [0.5, 0.6) is 0 Å². The number of hydrogen-bond donors (Lipinski definition) is 4. The Hall–Kier alpha value is -2.39. The van der Waals surface area contributed by atoms with Gasteiger partial charge in [-0.25, -0.2) is 18.4 Å². The molecule has 0 fully saturated rings. The Morgan fingerprint density at radius 2 is 1.75 bits per heavy atom. The van der Waals surface area contributed by atoms with E-state index in [4.69, 9.17) is 11.5 Å². The Balaban J connectivity index is 2.17. The van der Waals surface area contributed by atoms with Crippen molar-refractivity contribution in [3.05, 3.63) is 36.2 Å². The molecule has 0 aliphatic carbocycles. The van der Waals surface area contributed by atoms with Crippen molar-refractivity contribution in [2.75, 3.05) is 16.9 Å². The highest BCUT2D eigenvalue weighted by Gasteiger charge is 2.14. The molecule has 0 saturated heterocycles. The van der Waals surface area contributed by atoms with Crippen molar-refractivity contribution in [3.8, 4) is 0 Å². The van der Waals surface area contributed by atoms with Gasteiger partial charge in [-0.05, 0) is 19.1 Å². The Labute approximate surface area is 116 Å². The fourth-order valence-corrected chi connectivity index (χ4v) is 2.24. The van der Waals surface area contributed by atoms with Gasteiger partial charge in [-0.15, -0.1) is 4.83 Å². The SMILES string of the molecule is Cc1ccc(S(=O)(=O)NNc2ncnc(N)c2N)cc1. The summed E-state index contributed by atoms with van der Waals surface area (Å²) in [7, 11) is -3.72. The molecule has 0 unspecified atom stereocenters. The number of nitrogens with one attached hydrogen (secondary N) is 2. The maximum Gasteiger partial charge on any atom is 0.257 e. The van der Waals surface area contributed by atoms with Crippen LogP contribution in [0.15, 0.2) is 35.5 Å². The predicted octanol–water partition coefficient (Wildman–Crippen LogP) is 0.255. The molecule has 0 aliphatic rings. The summed E-state index contributed by atoms with van der Waals surface area (Å²) in [4.78, 5) is 9.77. The summed E-state index contributed by atoms with van der Waals surface area (Å²) in [6, 6.07) is 6.39. The second kappa shape index (κ2) is 5.31. The third kappa shape index (κ3) is 2.95. The highest BCUT2D eigenvalue weighted by molar-refractivity contribution is 7.89. The average molecular weight is 294 g/mol. The van der Waals surface area contributed by atoms with Crippen molar-refractivity contribution in [1.29, 1.82) is 0 Å². The lowest BCUT2D eigenvalue weighted by atomic mass is 10.2. The molecule has 1 aromatic heterocycles. The van der Waals surface area contributed by atoms with Gasteiger partial charge in [0, 0.05) is 0 Å². The molecule has 6 N–H and O–H groups in total. The van der Waals surface area contributed by atoms with Crippen LogP contribution in [-0.2, 0) is 10.0 Å². The molecule has 0 aliphatic heterocycles. The molecular weight excluding hydrogens is 280 g/mol. The summed E-state index contributed by atoms with van der Waals surface area (Å²) in [5.74, 6) is 0.158. The molecule has 2 aromatic rings. The molecule has 0 spiro atoms. The van der Waals surface area contributed by atoms with Gasteiger partial charge >= 0.3 is 0 Å². The van der Waals surface area contributed by atoms with Crippen molar-refractivity contribution in [3.63, 3.8) is 0 Å². The second-order valence-corrected chi connectivity index (χ2v) is 5.75. The predicted molar refractivity (Wildman–Crippen MR) is 76.0 cm³/mol. The summed E-state index contributed by atoms with van der Waals surface area (Å²) < 4.78 is 24.0.